The number of nitrogens with one attached hydrogen (secondary N) is 1. The molecule has 1 rings (SSSR count). The quantitative estimate of drug-likeness (QED) is 0.801. The maximum Gasteiger partial charge on any atom is 0.321 e. The van der Waals surface area contributed by atoms with Crippen LogP contribution < -0.4 is 4.72 Å². The van der Waals surface area contributed by atoms with E-state index in [4.69, 9.17) is 5.11 Å². The summed E-state index contributed by atoms with van der Waals surface area (Å²) >= 11 is 0. The second-order valence-electron chi connectivity index (χ2n) is 4.47. The van der Waals surface area contributed by atoms with Crippen LogP contribution in [0.4, 0.5) is 0 Å². The van der Waals surface area contributed by atoms with Gasteiger partial charge in [-0.2, -0.15) is 4.72 Å². The summed E-state index contributed by atoms with van der Waals surface area (Å²) in [5.41, 5.74) is 0.809. The van der Waals surface area contributed by atoms with E-state index in [1.54, 1.807) is 19.1 Å². The predicted molar refractivity (Wildman–Crippen MR) is 72.4 cm³/mol. The third kappa shape index (κ3) is 4.65. The SMILES string of the molecule is CCCCC(NS(=O)(=O)c1cccc(C)c1)C(=O)O. The molecule has 0 amide bonds. The van der Waals surface area contributed by atoms with Crippen LogP contribution >= 0.6 is 0 Å². The van der Waals surface area contributed by atoms with Gasteiger partial charge in [-0.3, -0.25) is 4.79 Å². The van der Waals surface area contributed by atoms with Gasteiger partial charge >= 0.3 is 5.97 Å². The molecule has 0 aromatic heterocycles. The first-order valence-electron chi connectivity index (χ1n) is 6.18. The number of sulfonamides is 1. The Morgan fingerprint density at radius 1 is 1.42 bits per heavy atom. The van der Waals surface area contributed by atoms with Crippen molar-refractivity contribution in [1.29, 1.82) is 0 Å². The van der Waals surface area contributed by atoms with Gasteiger partial charge in [0.25, 0.3) is 0 Å². The van der Waals surface area contributed by atoms with Crippen LogP contribution in [0.25, 0.3) is 0 Å². The molecule has 1 atom stereocenters. The number of benzene rings is 1. The highest BCUT2D eigenvalue weighted by molar-refractivity contribution is 7.89. The Hall–Kier alpha value is -1.40. The van der Waals surface area contributed by atoms with E-state index in [0.29, 0.717) is 6.42 Å². The van der Waals surface area contributed by atoms with E-state index in [9.17, 15) is 13.2 Å². The number of aliphatic carboxylic acids is 1. The Labute approximate surface area is 113 Å². The van der Waals surface area contributed by atoms with Gasteiger partial charge in [-0.05, 0) is 31.0 Å². The van der Waals surface area contributed by atoms with Crippen LogP contribution in [0.1, 0.15) is 31.7 Å². The first-order chi connectivity index (χ1) is 8.86. The lowest BCUT2D eigenvalue weighted by molar-refractivity contribution is -0.139. The van der Waals surface area contributed by atoms with Gasteiger partial charge in [0.2, 0.25) is 10.0 Å². The van der Waals surface area contributed by atoms with E-state index < -0.39 is 22.0 Å². The second kappa shape index (κ2) is 6.68. The molecule has 0 aliphatic carbocycles. The topological polar surface area (TPSA) is 83.5 Å². The van der Waals surface area contributed by atoms with E-state index in [1.165, 1.54) is 12.1 Å². The van der Waals surface area contributed by atoms with Crippen molar-refractivity contribution < 1.29 is 18.3 Å². The van der Waals surface area contributed by atoms with Crippen molar-refractivity contribution in [3.05, 3.63) is 29.8 Å². The van der Waals surface area contributed by atoms with Crippen molar-refractivity contribution in [2.45, 2.75) is 44.0 Å². The number of hydrogen-bond acceptors (Lipinski definition) is 3. The first kappa shape index (κ1) is 15.7. The molecule has 5 nitrogen and oxygen atoms in total. The average Bonchev–Trinajstić information content (AvgIpc) is 2.34. The second-order valence-corrected chi connectivity index (χ2v) is 6.18. The van der Waals surface area contributed by atoms with Crippen molar-refractivity contribution in [2.24, 2.45) is 0 Å². The summed E-state index contributed by atoms with van der Waals surface area (Å²) in [6, 6.07) is 5.30. The van der Waals surface area contributed by atoms with E-state index in [1.807, 2.05) is 6.92 Å². The molecule has 0 aliphatic heterocycles. The summed E-state index contributed by atoms with van der Waals surface area (Å²) in [5, 5.41) is 9.04. The van der Waals surface area contributed by atoms with Gasteiger partial charge in [0, 0.05) is 0 Å². The maximum absolute atomic E-state index is 12.1. The van der Waals surface area contributed by atoms with Crippen LogP contribution in [0.15, 0.2) is 29.2 Å². The highest BCUT2D eigenvalue weighted by atomic mass is 32.2. The fourth-order valence-electron chi connectivity index (χ4n) is 1.68. The van der Waals surface area contributed by atoms with Crippen LogP contribution in [0, 0.1) is 6.92 Å². The van der Waals surface area contributed by atoms with Gasteiger partial charge < -0.3 is 5.11 Å². The smallest absolute Gasteiger partial charge is 0.321 e. The Balaban J connectivity index is 2.91. The van der Waals surface area contributed by atoms with E-state index in [2.05, 4.69) is 4.72 Å². The van der Waals surface area contributed by atoms with Crippen molar-refractivity contribution >= 4 is 16.0 Å². The van der Waals surface area contributed by atoms with Crippen molar-refractivity contribution in [3.8, 4) is 0 Å². The van der Waals surface area contributed by atoms with E-state index in [-0.39, 0.29) is 11.3 Å². The fraction of sp³-hybridized carbons (Fsp3) is 0.462. The summed E-state index contributed by atoms with van der Waals surface area (Å²) < 4.78 is 26.4. The maximum atomic E-state index is 12.1. The number of carboxylic acid groups (broad SMARTS) is 1. The Bertz CT molecular complexity index is 539. The van der Waals surface area contributed by atoms with Gasteiger partial charge in [-0.15, -0.1) is 0 Å². The molecule has 0 radical (unpaired) electrons. The molecule has 0 saturated carbocycles. The Kier molecular flexibility index (Phi) is 5.50. The zero-order valence-electron chi connectivity index (χ0n) is 11.1. The van der Waals surface area contributed by atoms with Crippen LogP contribution in [0.3, 0.4) is 0 Å². The minimum absolute atomic E-state index is 0.0928. The Morgan fingerprint density at radius 2 is 2.11 bits per heavy atom. The molecule has 19 heavy (non-hydrogen) atoms. The fourth-order valence-corrected chi connectivity index (χ4v) is 3.01. The predicted octanol–water partition coefficient (Wildman–Crippen LogP) is 1.92. The monoisotopic (exact) mass is 285 g/mol. The van der Waals surface area contributed by atoms with Crippen LogP contribution in [0.2, 0.25) is 0 Å². The number of aryl methyl sites for hydroxylation is 1. The number of carbonyl (C=O) groups is 1. The molecule has 0 spiro atoms. The molecule has 6 heteroatoms. The van der Waals surface area contributed by atoms with Crippen LogP contribution in [-0.2, 0) is 14.8 Å². The molecule has 0 heterocycles. The van der Waals surface area contributed by atoms with Crippen molar-refractivity contribution in [3.63, 3.8) is 0 Å². The minimum Gasteiger partial charge on any atom is -0.480 e. The zero-order chi connectivity index (χ0) is 14.5. The van der Waals surface area contributed by atoms with Crippen LogP contribution in [0.5, 0.6) is 0 Å². The Morgan fingerprint density at radius 3 is 2.63 bits per heavy atom. The first-order valence-corrected chi connectivity index (χ1v) is 7.67. The summed E-state index contributed by atoms with van der Waals surface area (Å²) in [7, 11) is -3.79. The number of rotatable bonds is 7. The summed E-state index contributed by atoms with van der Waals surface area (Å²) in [6.45, 7) is 3.71. The molecular weight excluding hydrogens is 266 g/mol. The molecule has 0 aliphatic rings. The van der Waals surface area contributed by atoms with Crippen LogP contribution in [-0.4, -0.2) is 25.5 Å². The lowest BCUT2D eigenvalue weighted by Gasteiger charge is -2.14. The highest BCUT2D eigenvalue weighted by Gasteiger charge is 2.24. The normalized spacial score (nSPS) is 13.2. The van der Waals surface area contributed by atoms with Gasteiger partial charge in [0.1, 0.15) is 6.04 Å². The van der Waals surface area contributed by atoms with Gasteiger partial charge in [0.15, 0.2) is 0 Å². The minimum atomic E-state index is -3.79. The van der Waals surface area contributed by atoms with E-state index in [0.717, 1.165) is 12.0 Å². The molecule has 0 bridgehead atoms. The number of carboxylic acids is 1. The molecule has 2 N–H and O–H groups in total. The lowest BCUT2D eigenvalue weighted by atomic mass is 10.1. The van der Waals surface area contributed by atoms with Gasteiger partial charge in [0.05, 0.1) is 4.90 Å². The lowest BCUT2D eigenvalue weighted by Crippen LogP contribution is -2.40. The summed E-state index contributed by atoms with van der Waals surface area (Å²) in [5.74, 6) is -1.15. The molecular formula is C13H19NO4S. The third-order valence-electron chi connectivity index (χ3n) is 2.74. The summed E-state index contributed by atoms with van der Waals surface area (Å²) in [6.07, 6.45) is 1.76. The van der Waals surface area contributed by atoms with Gasteiger partial charge in [-0.1, -0.05) is 31.9 Å². The molecule has 0 fully saturated rings. The highest BCUT2D eigenvalue weighted by Crippen LogP contribution is 2.12. The standard InChI is InChI=1S/C13H19NO4S/c1-3-4-8-12(13(15)16)14-19(17,18)11-7-5-6-10(2)9-11/h5-7,9,12,14H,3-4,8H2,1-2H3,(H,15,16). The molecule has 1 aromatic carbocycles. The van der Waals surface area contributed by atoms with E-state index >= 15 is 0 Å². The molecule has 106 valence electrons. The summed E-state index contributed by atoms with van der Waals surface area (Å²) in [4.78, 5) is 11.1. The molecule has 1 aromatic rings. The van der Waals surface area contributed by atoms with Crippen molar-refractivity contribution in [2.75, 3.05) is 0 Å². The molecule has 0 saturated heterocycles. The van der Waals surface area contributed by atoms with Gasteiger partial charge in [-0.25, -0.2) is 8.42 Å². The third-order valence-corrected chi connectivity index (χ3v) is 4.21. The number of hydrogen-bond donors (Lipinski definition) is 2. The molecule has 1 unspecified atom stereocenters. The average molecular weight is 285 g/mol. The zero-order valence-corrected chi connectivity index (χ0v) is 11.9. The number of unbranched alkanes of at least 4 members (excludes halogenated alkanes) is 1. The largest absolute Gasteiger partial charge is 0.480 e. The van der Waals surface area contributed by atoms with Crippen molar-refractivity contribution in [1.82, 2.24) is 4.72 Å².